The Morgan fingerprint density at radius 2 is 0.482 bits per heavy atom. The Morgan fingerprint density at radius 3 is 0.750 bits per heavy atom. The molecule has 0 aliphatic rings. The molecule has 8 aromatic rings. The van der Waals surface area contributed by atoms with Crippen LogP contribution in [0.1, 0.15) is 33.4 Å². The summed E-state index contributed by atoms with van der Waals surface area (Å²) >= 11 is 0. The summed E-state index contributed by atoms with van der Waals surface area (Å²) in [5.74, 6) is 0. The van der Waals surface area contributed by atoms with Gasteiger partial charge in [-0.25, -0.2) is 0 Å². The molecule has 0 unspecified atom stereocenters. The van der Waals surface area contributed by atoms with Gasteiger partial charge in [-0.2, -0.15) is 0 Å². The van der Waals surface area contributed by atoms with Gasteiger partial charge < -0.3 is 5.73 Å². The summed E-state index contributed by atoms with van der Waals surface area (Å²) in [5, 5.41) is 0. The fourth-order valence-electron chi connectivity index (χ4n) is 7.00. The topological polar surface area (TPSA) is 26.0 Å². The van der Waals surface area contributed by atoms with Crippen molar-refractivity contribution in [3.05, 3.63) is 228 Å². The minimum absolute atomic E-state index is 1.26. The molecule has 280 valence electrons. The van der Waals surface area contributed by atoms with Gasteiger partial charge in [-0.15, -0.1) is 0 Å². The lowest BCUT2D eigenvalue weighted by molar-refractivity contribution is 1.41. The van der Waals surface area contributed by atoms with Crippen LogP contribution in [0.15, 0.2) is 194 Å². The van der Waals surface area contributed by atoms with Crippen molar-refractivity contribution in [1.82, 2.24) is 0 Å². The first-order chi connectivity index (χ1) is 27.3. The van der Waals surface area contributed by atoms with Crippen LogP contribution in [0.4, 0.5) is 0 Å². The zero-order valence-corrected chi connectivity index (χ0v) is 34.1. The van der Waals surface area contributed by atoms with Crippen molar-refractivity contribution in [2.24, 2.45) is 5.73 Å². The van der Waals surface area contributed by atoms with Crippen molar-refractivity contribution in [1.29, 1.82) is 0 Å². The summed E-state index contributed by atoms with van der Waals surface area (Å²) < 4.78 is 0. The molecule has 0 amide bonds. The molecule has 2 N–H and O–H groups in total. The Labute approximate surface area is 336 Å². The van der Waals surface area contributed by atoms with Crippen molar-refractivity contribution in [2.45, 2.75) is 41.5 Å². The number of hydrogen-bond donors (Lipinski definition) is 1. The molecule has 0 aromatic heterocycles. The first kappa shape index (κ1) is 40.9. The summed E-state index contributed by atoms with van der Waals surface area (Å²) in [5.41, 5.74) is 25.4. The quantitative estimate of drug-likeness (QED) is 0.188. The lowest BCUT2D eigenvalue weighted by Gasteiger charge is -2.16. The summed E-state index contributed by atoms with van der Waals surface area (Å²) in [6.45, 7) is 12.9. The molecule has 0 aliphatic carbocycles. The van der Waals surface area contributed by atoms with Crippen LogP contribution >= 0.6 is 0 Å². The van der Waals surface area contributed by atoms with E-state index in [4.69, 9.17) is 0 Å². The average Bonchev–Trinajstić information content (AvgIpc) is 3.24. The molecule has 8 rings (SSSR count). The largest absolute Gasteiger partial charge is 0.333 e. The van der Waals surface area contributed by atoms with Gasteiger partial charge >= 0.3 is 0 Å². The van der Waals surface area contributed by atoms with Crippen molar-refractivity contribution >= 4 is 0 Å². The van der Waals surface area contributed by atoms with E-state index in [1.54, 1.807) is 0 Å². The van der Waals surface area contributed by atoms with Crippen molar-refractivity contribution < 1.29 is 0 Å². The van der Waals surface area contributed by atoms with Crippen molar-refractivity contribution in [2.75, 3.05) is 7.05 Å². The molecule has 0 saturated heterocycles. The third-order valence-electron chi connectivity index (χ3n) is 9.97. The van der Waals surface area contributed by atoms with Crippen LogP contribution in [-0.4, -0.2) is 7.05 Å². The molecule has 0 heterocycles. The van der Waals surface area contributed by atoms with E-state index in [9.17, 15) is 0 Å². The first-order valence-corrected chi connectivity index (χ1v) is 19.4. The second kappa shape index (κ2) is 20.4. The highest BCUT2D eigenvalue weighted by Gasteiger charge is 2.13. The molecule has 56 heavy (non-hydrogen) atoms. The molecule has 0 spiro atoms. The Hall–Kier alpha value is -6.28. The highest BCUT2D eigenvalue weighted by molar-refractivity contribution is 5.92. The van der Waals surface area contributed by atoms with Gasteiger partial charge in [0, 0.05) is 0 Å². The summed E-state index contributed by atoms with van der Waals surface area (Å²) in [6, 6.07) is 68.8. The fourth-order valence-corrected chi connectivity index (χ4v) is 7.00. The minimum atomic E-state index is 1.26. The van der Waals surface area contributed by atoms with Gasteiger partial charge in [0.1, 0.15) is 0 Å². The van der Waals surface area contributed by atoms with Crippen molar-refractivity contribution in [3.63, 3.8) is 0 Å². The van der Waals surface area contributed by atoms with Gasteiger partial charge in [0.05, 0.1) is 0 Å². The van der Waals surface area contributed by atoms with Crippen molar-refractivity contribution in [3.8, 4) is 55.6 Å². The Morgan fingerprint density at radius 1 is 0.232 bits per heavy atom. The lowest BCUT2D eigenvalue weighted by atomic mass is 9.88. The van der Waals surface area contributed by atoms with Crippen LogP contribution in [0.2, 0.25) is 0 Å². The molecular weight excluding hydrogens is 675 g/mol. The van der Waals surface area contributed by atoms with Crippen LogP contribution in [-0.2, 0) is 0 Å². The van der Waals surface area contributed by atoms with E-state index >= 15 is 0 Å². The van der Waals surface area contributed by atoms with E-state index < -0.39 is 0 Å². The zero-order chi connectivity index (χ0) is 39.9. The van der Waals surface area contributed by atoms with Crippen LogP contribution in [0.3, 0.4) is 0 Å². The van der Waals surface area contributed by atoms with E-state index in [2.05, 4.69) is 241 Å². The molecular formula is C55H55N. The SMILES string of the molecule is CN.Cc1ccc(-c2ccc(C)cc2-c2ccccc2)c(-c2ccccc2)c1.Cc1ccccc1-c1ccccc1C.Cc1ccccc1-c1ccccc1C. The third-order valence-corrected chi connectivity index (χ3v) is 9.97. The number of hydrogen-bond acceptors (Lipinski definition) is 1. The zero-order valence-electron chi connectivity index (χ0n) is 34.1. The lowest BCUT2D eigenvalue weighted by Crippen LogP contribution is -1.91. The van der Waals surface area contributed by atoms with E-state index in [1.807, 2.05) is 0 Å². The van der Waals surface area contributed by atoms with E-state index in [-0.39, 0.29) is 0 Å². The highest BCUT2D eigenvalue weighted by Crippen LogP contribution is 2.39. The fraction of sp³-hybridized carbons (Fsp3) is 0.127. The molecule has 0 atom stereocenters. The Kier molecular flexibility index (Phi) is 14.9. The van der Waals surface area contributed by atoms with Gasteiger partial charge in [-0.05, 0) is 126 Å². The molecule has 0 radical (unpaired) electrons. The van der Waals surface area contributed by atoms with Gasteiger partial charge in [0.2, 0.25) is 0 Å². The normalized spacial score (nSPS) is 10.1. The third kappa shape index (κ3) is 10.5. The van der Waals surface area contributed by atoms with Crippen LogP contribution in [0.25, 0.3) is 55.6 Å². The highest BCUT2D eigenvalue weighted by atomic mass is 14.4. The second-order valence-electron chi connectivity index (χ2n) is 14.1. The predicted octanol–water partition coefficient (Wildman–Crippen LogP) is 14.8. The number of benzene rings is 8. The Balaban J connectivity index is 0.000000170. The molecule has 8 aromatic carbocycles. The monoisotopic (exact) mass is 729 g/mol. The van der Waals surface area contributed by atoms with Crippen LogP contribution in [0, 0.1) is 41.5 Å². The standard InChI is InChI=1S/C26H22.2C14H14.CH5N/c1-19-13-15-23(25(17-19)21-9-5-3-6-10-21)24-16-14-20(2)18-26(24)22-11-7-4-8-12-22;2*1-11-7-3-5-9-13(11)14-10-6-4-8-12(14)2;1-2/h3-18H,1-2H3;2*3-10H,1-2H3;2H2,1H3. The van der Waals surface area contributed by atoms with E-state index in [1.165, 1.54) is 96.1 Å². The molecule has 0 saturated carbocycles. The first-order valence-electron chi connectivity index (χ1n) is 19.4. The number of rotatable bonds is 5. The summed E-state index contributed by atoms with van der Waals surface area (Å²) in [4.78, 5) is 0. The maximum atomic E-state index is 4.50. The molecule has 0 bridgehead atoms. The maximum Gasteiger partial charge on any atom is -0.00990 e. The number of aryl methyl sites for hydroxylation is 6. The van der Waals surface area contributed by atoms with E-state index in [0.29, 0.717) is 0 Å². The Bertz CT molecular complexity index is 2180. The second-order valence-corrected chi connectivity index (χ2v) is 14.1. The molecule has 1 nitrogen and oxygen atoms in total. The minimum Gasteiger partial charge on any atom is -0.333 e. The van der Waals surface area contributed by atoms with Gasteiger partial charge in [0.25, 0.3) is 0 Å². The molecule has 0 fully saturated rings. The van der Waals surface area contributed by atoms with E-state index in [0.717, 1.165) is 0 Å². The van der Waals surface area contributed by atoms with Gasteiger partial charge in [0.15, 0.2) is 0 Å². The maximum absolute atomic E-state index is 4.50. The molecule has 0 aliphatic heterocycles. The van der Waals surface area contributed by atoms with Crippen LogP contribution in [0.5, 0.6) is 0 Å². The van der Waals surface area contributed by atoms with Gasteiger partial charge in [-0.1, -0.05) is 205 Å². The summed E-state index contributed by atoms with van der Waals surface area (Å²) in [7, 11) is 1.50. The number of nitrogens with two attached hydrogens (primary N) is 1. The average molecular weight is 730 g/mol. The van der Waals surface area contributed by atoms with Crippen LogP contribution < -0.4 is 5.73 Å². The summed E-state index contributed by atoms with van der Waals surface area (Å²) in [6.07, 6.45) is 0. The molecule has 1 heteroatoms. The van der Waals surface area contributed by atoms with Gasteiger partial charge in [-0.3, -0.25) is 0 Å². The smallest absolute Gasteiger partial charge is 0.00990 e. The predicted molar refractivity (Wildman–Crippen MR) is 245 cm³/mol.